The van der Waals surface area contributed by atoms with Crippen LogP contribution in [-0.2, 0) is 0 Å². The van der Waals surface area contributed by atoms with Gasteiger partial charge < -0.3 is 10.4 Å². The average molecular weight is 277 g/mol. The number of carbonyl (C=O) groups excluding carboxylic acids is 2. The second-order valence-corrected chi connectivity index (χ2v) is 4.96. The van der Waals surface area contributed by atoms with E-state index in [1.165, 1.54) is 6.92 Å². The smallest absolute Gasteiger partial charge is 0.252 e. The van der Waals surface area contributed by atoms with E-state index in [0.29, 0.717) is 11.1 Å². The third kappa shape index (κ3) is 4.17. The molecule has 1 amide bonds. The van der Waals surface area contributed by atoms with Crippen LogP contribution in [0.2, 0.25) is 0 Å². The number of nitrogens with one attached hydrogen (secondary N) is 1. The van der Waals surface area contributed by atoms with E-state index in [1.54, 1.807) is 24.3 Å². The van der Waals surface area contributed by atoms with E-state index in [9.17, 15) is 14.7 Å². The summed E-state index contributed by atoms with van der Waals surface area (Å²) in [6.07, 6.45) is 1.19. The van der Waals surface area contributed by atoms with E-state index in [2.05, 4.69) is 5.32 Å². The first-order chi connectivity index (χ1) is 9.51. The summed E-state index contributed by atoms with van der Waals surface area (Å²) in [7, 11) is 0. The highest BCUT2D eigenvalue weighted by Gasteiger charge is 2.18. The summed E-state index contributed by atoms with van der Waals surface area (Å²) in [4.78, 5) is 23.6. The molecule has 2 N–H and O–H groups in total. The number of carbonyl (C=O) groups is 2. The first kappa shape index (κ1) is 16.4. The molecule has 1 atom stereocenters. The molecule has 1 unspecified atom stereocenters. The topological polar surface area (TPSA) is 66.4 Å². The Morgan fingerprint density at radius 3 is 2.20 bits per heavy atom. The number of amides is 1. The predicted molar refractivity (Wildman–Crippen MR) is 78.9 cm³/mol. The van der Waals surface area contributed by atoms with Crippen LogP contribution in [0.4, 0.5) is 0 Å². The van der Waals surface area contributed by atoms with Crippen LogP contribution < -0.4 is 5.32 Å². The minimum absolute atomic E-state index is 0.142. The lowest BCUT2D eigenvalue weighted by atomic mass is 9.96. The Kier molecular flexibility index (Phi) is 6.39. The average Bonchev–Trinajstić information content (AvgIpc) is 2.46. The fraction of sp³-hybridized carbons (Fsp3) is 0.500. The third-order valence-corrected chi connectivity index (χ3v) is 3.62. The van der Waals surface area contributed by atoms with Gasteiger partial charge in [0.2, 0.25) is 0 Å². The number of ketones is 1. The number of aliphatic hydroxyl groups is 1. The van der Waals surface area contributed by atoms with Crippen LogP contribution in [0.1, 0.15) is 54.3 Å². The van der Waals surface area contributed by atoms with Gasteiger partial charge in [0.25, 0.3) is 5.91 Å². The van der Waals surface area contributed by atoms with Crippen molar-refractivity contribution in [1.29, 1.82) is 0 Å². The predicted octanol–water partition coefficient (Wildman–Crippen LogP) is 2.42. The summed E-state index contributed by atoms with van der Waals surface area (Å²) >= 11 is 0. The molecule has 1 aromatic carbocycles. The molecule has 0 aliphatic heterocycles. The van der Waals surface area contributed by atoms with Crippen molar-refractivity contribution in [2.75, 3.05) is 6.54 Å². The van der Waals surface area contributed by atoms with Gasteiger partial charge >= 0.3 is 0 Å². The highest BCUT2D eigenvalue weighted by molar-refractivity contribution is 6.07. The Morgan fingerprint density at radius 2 is 1.70 bits per heavy atom. The zero-order valence-electron chi connectivity index (χ0n) is 12.3. The summed E-state index contributed by atoms with van der Waals surface area (Å²) in [5, 5.41) is 12.7. The fourth-order valence-electron chi connectivity index (χ4n) is 2.28. The minimum Gasteiger partial charge on any atom is -0.391 e. The summed E-state index contributed by atoms with van der Waals surface area (Å²) in [5.41, 5.74) is 0.763. The summed E-state index contributed by atoms with van der Waals surface area (Å²) < 4.78 is 0. The summed E-state index contributed by atoms with van der Waals surface area (Å²) in [5.74, 6) is -0.282. The molecule has 4 heteroatoms. The molecule has 0 aliphatic rings. The molecular formula is C16H23NO3. The van der Waals surface area contributed by atoms with Crippen LogP contribution in [-0.4, -0.2) is 29.4 Å². The number of benzene rings is 1. The van der Waals surface area contributed by atoms with Crippen LogP contribution in [0.15, 0.2) is 24.3 Å². The van der Waals surface area contributed by atoms with Crippen LogP contribution in [0.25, 0.3) is 0 Å². The summed E-state index contributed by atoms with van der Waals surface area (Å²) in [6.45, 7) is 5.68. The lowest BCUT2D eigenvalue weighted by Gasteiger charge is -2.20. The molecule has 0 aromatic heterocycles. The van der Waals surface area contributed by atoms with Crippen molar-refractivity contribution in [3.63, 3.8) is 0 Å². The second-order valence-electron chi connectivity index (χ2n) is 4.96. The van der Waals surface area contributed by atoms with Crippen LogP contribution in [0, 0.1) is 5.92 Å². The molecule has 0 spiro atoms. The van der Waals surface area contributed by atoms with Crippen LogP contribution >= 0.6 is 0 Å². The van der Waals surface area contributed by atoms with Gasteiger partial charge in [-0.2, -0.15) is 0 Å². The molecule has 110 valence electrons. The Labute approximate surface area is 120 Å². The van der Waals surface area contributed by atoms with E-state index in [1.807, 2.05) is 13.8 Å². The molecule has 0 saturated carbocycles. The number of hydrogen-bond acceptors (Lipinski definition) is 3. The van der Waals surface area contributed by atoms with Gasteiger partial charge in [-0.05, 0) is 18.9 Å². The van der Waals surface area contributed by atoms with Crippen molar-refractivity contribution >= 4 is 11.7 Å². The molecule has 1 aromatic rings. The van der Waals surface area contributed by atoms with Crippen molar-refractivity contribution in [1.82, 2.24) is 5.32 Å². The van der Waals surface area contributed by atoms with E-state index < -0.39 is 6.10 Å². The van der Waals surface area contributed by atoms with Gasteiger partial charge in [-0.25, -0.2) is 0 Å². The van der Waals surface area contributed by atoms with Gasteiger partial charge in [-0.3, -0.25) is 9.59 Å². The van der Waals surface area contributed by atoms with Gasteiger partial charge in [-0.1, -0.05) is 44.9 Å². The van der Waals surface area contributed by atoms with E-state index >= 15 is 0 Å². The molecule has 0 heterocycles. The van der Waals surface area contributed by atoms with Crippen LogP contribution in [0.3, 0.4) is 0 Å². The number of rotatable bonds is 7. The zero-order chi connectivity index (χ0) is 15.1. The summed E-state index contributed by atoms with van der Waals surface area (Å²) in [6, 6.07) is 6.70. The molecule has 0 bridgehead atoms. The van der Waals surface area contributed by atoms with E-state index in [0.717, 1.165) is 12.8 Å². The SMILES string of the molecule is CCC(CC)C(O)CNC(=O)c1ccccc1C(C)=O. The number of aliphatic hydroxyl groups excluding tert-OH is 1. The first-order valence-electron chi connectivity index (χ1n) is 7.07. The van der Waals surface area contributed by atoms with E-state index in [4.69, 9.17) is 0 Å². The molecule has 0 radical (unpaired) electrons. The maximum atomic E-state index is 12.1. The molecule has 0 aliphatic carbocycles. The van der Waals surface area contributed by atoms with Crippen molar-refractivity contribution in [2.24, 2.45) is 5.92 Å². The Balaban J connectivity index is 2.71. The van der Waals surface area contributed by atoms with Gasteiger partial charge in [0.05, 0.1) is 11.7 Å². The standard InChI is InChI=1S/C16H23NO3/c1-4-12(5-2)15(19)10-17-16(20)14-9-7-6-8-13(14)11(3)18/h6-9,12,15,19H,4-5,10H2,1-3H3,(H,17,20). The minimum atomic E-state index is -0.557. The lowest BCUT2D eigenvalue weighted by molar-refractivity contribution is 0.0813. The van der Waals surface area contributed by atoms with Crippen molar-refractivity contribution in [2.45, 2.75) is 39.7 Å². The molecular weight excluding hydrogens is 254 g/mol. The number of hydrogen-bond donors (Lipinski definition) is 2. The lowest BCUT2D eigenvalue weighted by Crippen LogP contribution is -2.36. The molecule has 4 nitrogen and oxygen atoms in total. The second kappa shape index (κ2) is 7.80. The highest BCUT2D eigenvalue weighted by atomic mass is 16.3. The Hall–Kier alpha value is -1.68. The maximum absolute atomic E-state index is 12.1. The van der Waals surface area contributed by atoms with Gasteiger partial charge in [0, 0.05) is 12.1 Å². The normalized spacial score (nSPS) is 12.2. The highest BCUT2D eigenvalue weighted by Crippen LogP contribution is 2.13. The Morgan fingerprint density at radius 1 is 1.15 bits per heavy atom. The van der Waals surface area contributed by atoms with Gasteiger partial charge in [-0.15, -0.1) is 0 Å². The molecule has 1 rings (SSSR count). The largest absolute Gasteiger partial charge is 0.391 e. The monoisotopic (exact) mass is 277 g/mol. The Bertz CT molecular complexity index is 467. The quantitative estimate of drug-likeness (QED) is 0.752. The van der Waals surface area contributed by atoms with Crippen molar-refractivity contribution in [3.8, 4) is 0 Å². The fourth-order valence-corrected chi connectivity index (χ4v) is 2.28. The molecule has 20 heavy (non-hydrogen) atoms. The maximum Gasteiger partial charge on any atom is 0.252 e. The first-order valence-corrected chi connectivity index (χ1v) is 7.07. The number of Topliss-reactive ketones (excluding diaryl/α,β-unsaturated/α-hetero) is 1. The molecule has 0 fully saturated rings. The van der Waals surface area contributed by atoms with Crippen LogP contribution in [0.5, 0.6) is 0 Å². The van der Waals surface area contributed by atoms with Gasteiger partial charge in [0.15, 0.2) is 5.78 Å². The zero-order valence-corrected chi connectivity index (χ0v) is 12.3. The third-order valence-electron chi connectivity index (χ3n) is 3.62. The van der Waals surface area contributed by atoms with Gasteiger partial charge in [0.1, 0.15) is 0 Å². The molecule has 0 saturated heterocycles. The van der Waals surface area contributed by atoms with Crippen molar-refractivity contribution in [3.05, 3.63) is 35.4 Å². The van der Waals surface area contributed by atoms with E-state index in [-0.39, 0.29) is 24.2 Å². The van der Waals surface area contributed by atoms with Crippen molar-refractivity contribution < 1.29 is 14.7 Å².